The van der Waals surface area contributed by atoms with Gasteiger partial charge in [-0.1, -0.05) is 56.0 Å². The second-order valence-electron chi connectivity index (χ2n) is 9.65. The molecule has 3 aromatic heterocycles. The summed E-state index contributed by atoms with van der Waals surface area (Å²) >= 11 is 0. The molecule has 0 fully saturated rings. The predicted octanol–water partition coefficient (Wildman–Crippen LogP) is 7.09. The zero-order valence-corrected chi connectivity index (χ0v) is 25.5. The Morgan fingerprint density at radius 3 is 2.18 bits per heavy atom. The van der Waals surface area contributed by atoms with Crippen LogP contribution in [0.15, 0.2) is 85.2 Å². The summed E-state index contributed by atoms with van der Waals surface area (Å²) in [6.45, 7) is 11.3. The molecule has 0 spiro atoms. The lowest BCUT2D eigenvalue weighted by molar-refractivity contribution is 0.296. The van der Waals surface area contributed by atoms with Gasteiger partial charge >= 0.3 is 0 Å². The van der Waals surface area contributed by atoms with E-state index in [9.17, 15) is 4.39 Å². The van der Waals surface area contributed by atoms with Gasteiger partial charge in [0.15, 0.2) is 0 Å². The Balaban J connectivity index is 0.000000488. The van der Waals surface area contributed by atoms with Crippen molar-refractivity contribution in [2.24, 2.45) is 0 Å². The molecule has 0 amide bonds. The number of rotatable bonds is 9. The van der Waals surface area contributed by atoms with Crippen LogP contribution in [0.1, 0.15) is 38.8 Å². The van der Waals surface area contributed by atoms with Crippen LogP contribution in [-0.4, -0.2) is 37.3 Å². The van der Waals surface area contributed by atoms with Crippen molar-refractivity contribution in [2.45, 2.75) is 40.8 Å². The average molecular weight is 583 g/mol. The topological polar surface area (TPSA) is 58.4 Å². The molecule has 0 aliphatic heterocycles. The molecule has 1 N–H and O–H groups in total. The standard InChI is InChI=1S/C29H29FN6.C8H6/c1-3-35(4-2)20-22-15-17-36-26(18-22)34-27(23-10-12-24(30)13-11-23)28(36)25-14-16-31-29(33-25)32-19-21-8-6-5-7-9-21;1-3-5-7-8-6-4-2/h5-18H,3-4,19-20H2,1-2H3,(H,31,32,33);1-2H3. The Hall–Kier alpha value is -5.42. The number of anilines is 1. The number of aromatic nitrogens is 4. The molecule has 220 valence electrons. The molecule has 5 aromatic rings. The zero-order chi connectivity index (χ0) is 31.1. The maximum atomic E-state index is 13.7. The second kappa shape index (κ2) is 16.3. The minimum Gasteiger partial charge on any atom is -0.350 e. The van der Waals surface area contributed by atoms with Crippen molar-refractivity contribution in [3.8, 4) is 58.2 Å². The number of nitrogens with one attached hydrogen (secondary N) is 1. The minimum atomic E-state index is -0.278. The Labute approximate surface area is 259 Å². The molecule has 0 saturated carbocycles. The third-order valence-electron chi connectivity index (χ3n) is 6.74. The highest BCUT2D eigenvalue weighted by Gasteiger charge is 2.18. The van der Waals surface area contributed by atoms with E-state index in [-0.39, 0.29) is 5.82 Å². The highest BCUT2D eigenvalue weighted by atomic mass is 19.1. The third kappa shape index (κ3) is 8.55. The van der Waals surface area contributed by atoms with E-state index in [1.807, 2.05) is 34.9 Å². The van der Waals surface area contributed by atoms with Crippen molar-refractivity contribution in [3.63, 3.8) is 0 Å². The molecule has 0 aliphatic rings. The summed E-state index contributed by atoms with van der Waals surface area (Å²) in [6, 6.07) is 22.7. The van der Waals surface area contributed by atoms with E-state index < -0.39 is 0 Å². The monoisotopic (exact) mass is 582 g/mol. The van der Waals surface area contributed by atoms with Crippen molar-refractivity contribution in [1.82, 2.24) is 24.3 Å². The van der Waals surface area contributed by atoms with Crippen molar-refractivity contribution < 1.29 is 4.39 Å². The quantitative estimate of drug-likeness (QED) is 0.188. The van der Waals surface area contributed by atoms with E-state index in [0.29, 0.717) is 12.5 Å². The third-order valence-corrected chi connectivity index (χ3v) is 6.74. The van der Waals surface area contributed by atoms with Gasteiger partial charge in [-0.05, 0) is 104 Å². The fourth-order valence-corrected chi connectivity index (χ4v) is 4.48. The fourth-order valence-electron chi connectivity index (χ4n) is 4.48. The van der Waals surface area contributed by atoms with E-state index >= 15 is 0 Å². The number of halogens is 1. The van der Waals surface area contributed by atoms with Gasteiger partial charge in [-0.3, -0.25) is 9.30 Å². The van der Waals surface area contributed by atoms with Gasteiger partial charge in [-0.15, -0.1) is 0 Å². The average Bonchev–Trinajstić information content (AvgIpc) is 3.45. The maximum Gasteiger partial charge on any atom is 0.223 e. The van der Waals surface area contributed by atoms with Crippen LogP contribution in [0.4, 0.5) is 10.3 Å². The fraction of sp³-hybridized carbons (Fsp3) is 0.216. The van der Waals surface area contributed by atoms with E-state index in [0.717, 1.165) is 53.5 Å². The molecule has 7 heteroatoms. The number of hydrogen-bond acceptors (Lipinski definition) is 5. The van der Waals surface area contributed by atoms with Crippen molar-refractivity contribution in [3.05, 3.63) is 102 Å². The number of nitrogens with zero attached hydrogens (tertiary/aromatic N) is 5. The number of pyridine rings is 1. The molecule has 6 nitrogen and oxygen atoms in total. The zero-order valence-electron chi connectivity index (χ0n) is 25.5. The maximum absolute atomic E-state index is 13.7. The molecule has 0 aliphatic carbocycles. The van der Waals surface area contributed by atoms with E-state index in [4.69, 9.17) is 9.97 Å². The van der Waals surface area contributed by atoms with Gasteiger partial charge in [-0.25, -0.2) is 19.3 Å². The normalized spacial score (nSPS) is 9.95. The molecule has 44 heavy (non-hydrogen) atoms. The van der Waals surface area contributed by atoms with Crippen molar-refractivity contribution in [2.75, 3.05) is 18.4 Å². The summed E-state index contributed by atoms with van der Waals surface area (Å²) in [6.07, 6.45) is 3.79. The number of fused-ring (bicyclic) bond motifs is 1. The van der Waals surface area contributed by atoms with Crippen LogP contribution in [0.5, 0.6) is 0 Å². The first-order valence-electron chi connectivity index (χ1n) is 14.5. The highest BCUT2D eigenvalue weighted by Crippen LogP contribution is 2.32. The van der Waals surface area contributed by atoms with Crippen LogP contribution >= 0.6 is 0 Å². The first-order valence-corrected chi connectivity index (χ1v) is 14.5. The van der Waals surface area contributed by atoms with Crippen LogP contribution in [-0.2, 0) is 13.1 Å². The van der Waals surface area contributed by atoms with Crippen LogP contribution in [0.3, 0.4) is 0 Å². The molecule has 0 radical (unpaired) electrons. The van der Waals surface area contributed by atoms with Gasteiger partial charge < -0.3 is 5.32 Å². The Kier molecular flexibility index (Phi) is 11.7. The summed E-state index contributed by atoms with van der Waals surface area (Å²) in [4.78, 5) is 16.6. The summed E-state index contributed by atoms with van der Waals surface area (Å²) in [5, 5.41) is 3.31. The lowest BCUT2D eigenvalue weighted by atomic mass is 10.1. The Morgan fingerprint density at radius 1 is 0.818 bits per heavy atom. The van der Waals surface area contributed by atoms with Crippen LogP contribution in [0.25, 0.3) is 28.3 Å². The molecular weight excluding hydrogens is 547 g/mol. The molecule has 2 aromatic carbocycles. The van der Waals surface area contributed by atoms with Gasteiger partial charge in [0, 0.05) is 31.0 Å². The highest BCUT2D eigenvalue weighted by molar-refractivity contribution is 5.80. The van der Waals surface area contributed by atoms with Gasteiger partial charge in [0.1, 0.15) is 11.5 Å². The smallest absolute Gasteiger partial charge is 0.223 e. The van der Waals surface area contributed by atoms with Gasteiger partial charge in [0.2, 0.25) is 5.95 Å². The summed E-state index contributed by atoms with van der Waals surface area (Å²) in [7, 11) is 0. The van der Waals surface area contributed by atoms with Gasteiger partial charge in [-0.2, -0.15) is 0 Å². The molecule has 0 saturated heterocycles. The lowest BCUT2D eigenvalue weighted by Crippen LogP contribution is -2.22. The summed E-state index contributed by atoms with van der Waals surface area (Å²) in [5.41, 5.74) is 6.34. The first kappa shape index (κ1) is 31.5. The number of hydrogen-bond donors (Lipinski definition) is 1. The van der Waals surface area contributed by atoms with E-state index in [1.54, 1.807) is 32.2 Å². The summed E-state index contributed by atoms with van der Waals surface area (Å²) < 4.78 is 15.7. The van der Waals surface area contributed by atoms with Gasteiger partial charge in [0.05, 0.1) is 17.1 Å². The molecule has 5 rings (SSSR count). The lowest BCUT2D eigenvalue weighted by Gasteiger charge is -2.18. The largest absolute Gasteiger partial charge is 0.350 e. The molecular formula is C37H35FN6. The molecule has 0 unspecified atom stereocenters. The van der Waals surface area contributed by atoms with Crippen molar-refractivity contribution >= 4 is 11.6 Å². The van der Waals surface area contributed by atoms with Crippen LogP contribution in [0, 0.1) is 41.3 Å². The predicted molar refractivity (Wildman–Crippen MR) is 177 cm³/mol. The second-order valence-corrected chi connectivity index (χ2v) is 9.65. The van der Waals surface area contributed by atoms with Gasteiger partial charge in [0.25, 0.3) is 0 Å². The molecule has 0 atom stereocenters. The van der Waals surface area contributed by atoms with Crippen molar-refractivity contribution in [1.29, 1.82) is 0 Å². The van der Waals surface area contributed by atoms with Crippen LogP contribution < -0.4 is 5.32 Å². The first-order chi connectivity index (χ1) is 21.6. The SMILES string of the molecule is CC#CC#CC#CC.CCN(CC)Cc1ccn2c(-c3ccnc(NCc4ccccc4)n3)c(-c3ccc(F)cc3)nc2c1. The number of benzene rings is 2. The minimum absolute atomic E-state index is 0.278. The van der Waals surface area contributed by atoms with Crippen LogP contribution in [0.2, 0.25) is 0 Å². The Morgan fingerprint density at radius 2 is 1.52 bits per heavy atom. The molecule has 0 bridgehead atoms. The molecule has 3 heterocycles. The summed E-state index contributed by atoms with van der Waals surface area (Å²) in [5.74, 6) is 15.8. The number of imidazole rings is 1. The van der Waals surface area contributed by atoms with E-state index in [1.165, 1.54) is 17.7 Å². The van der Waals surface area contributed by atoms with E-state index in [2.05, 4.69) is 88.8 Å². The Bertz CT molecular complexity index is 1830.